The van der Waals surface area contributed by atoms with Gasteiger partial charge in [-0.1, -0.05) is 24.3 Å². The van der Waals surface area contributed by atoms with Crippen LogP contribution in [0.15, 0.2) is 29.8 Å². The van der Waals surface area contributed by atoms with Gasteiger partial charge in [-0.05, 0) is 48.0 Å². The molecule has 0 radical (unpaired) electrons. The highest BCUT2D eigenvalue weighted by atomic mass is 14.6. The second-order valence-corrected chi connectivity index (χ2v) is 4.34. The third kappa shape index (κ3) is 1.05. The highest BCUT2D eigenvalue weighted by Crippen LogP contribution is 2.40. The van der Waals surface area contributed by atoms with Crippen LogP contribution in [0.25, 0.3) is 5.57 Å². The number of rotatable bonds is 0. The van der Waals surface area contributed by atoms with Gasteiger partial charge in [-0.3, -0.25) is 0 Å². The zero-order valence-electron chi connectivity index (χ0n) is 8.29. The lowest BCUT2D eigenvalue weighted by Gasteiger charge is -2.21. The van der Waals surface area contributed by atoms with Crippen molar-refractivity contribution < 1.29 is 0 Å². The first kappa shape index (κ1) is 8.25. The van der Waals surface area contributed by atoms with Gasteiger partial charge in [0.2, 0.25) is 0 Å². The van der Waals surface area contributed by atoms with Gasteiger partial charge in [0, 0.05) is 6.04 Å². The fraction of sp³-hybridized carbons (Fsp3) is 0.385. The molecule has 72 valence electrons. The zero-order chi connectivity index (χ0) is 9.54. The number of nitrogens with two attached hydrogens (primary N) is 1. The van der Waals surface area contributed by atoms with Crippen molar-refractivity contribution in [3.63, 3.8) is 0 Å². The Morgan fingerprint density at radius 1 is 1.21 bits per heavy atom. The van der Waals surface area contributed by atoms with Crippen LogP contribution in [0.3, 0.4) is 0 Å². The minimum Gasteiger partial charge on any atom is -0.324 e. The molecule has 0 bridgehead atoms. The first-order valence-corrected chi connectivity index (χ1v) is 5.42. The molecule has 0 fully saturated rings. The van der Waals surface area contributed by atoms with Crippen LogP contribution < -0.4 is 5.73 Å². The second-order valence-electron chi connectivity index (χ2n) is 4.34. The number of fused-ring (bicyclic) bond motifs is 2. The van der Waals surface area contributed by atoms with Gasteiger partial charge in [0.1, 0.15) is 0 Å². The molecule has 2 aliphatic carbocycles. The van der Waals surface area contributed by atoms with Crippen molar-refractivity contribution in [1.29, 1.82) is 0 Å². The predicted octanol–water partition coefficient (Wildman–Crippen LogP) is 2.51. The molecule has 0 saturated heterocycles. The lowest BCUT2D eigenvalue weighted by molar-refractivity contribution is 0.620. The van der Waals surface area contributed by atoms with E-state index in [1.165, 1.54) is 36.0 Å². The lowest BCUT2D eigenvalue weighted by Crippen LogP contribution is -2.25. The molecule has 3 rings (SSSR count). The maximum atomic E-state index is 6.14. The normalized spacial score (nSPS) is 24.8. The quantitative estimate of drug-likeness (QED) is 0.660. The molecule has 2 N–H and O–H groups in total. The number of benzene rings is 1. The van der Waals surface area contributed by atoms with Crippen LogP contribution in [0.5, 0.6) is 0 Å². The van der Waals surface area contributed by atoms with Gasteiger partial charge in [-0.25, -0.2) is 0 Å². The van der Waals surface area contributed by atoms with E-state index in [0.29, 0.717) is 6.04 Å². The third-order valence-electron chi connectivity index (χ3n) is 3.50. The molecule has 1 atom stereocenters. The molecule has 1 heteroatoms. The highest BCUT2D eigenvalue weighted by molar-refractivity contribution is 5.77. The number of hydrogen-bond acceptors (Lipinski definition) is 1. The van der Waals surface area contributed by atoms with Crippen molar-refractivity contribution in [2.45, 2.75) is 31.7 Å². The van der Waals surface area contributed by atoms with E-state index in [2.05, 4.69) is 24.3 Å². The molecule has 0 spiro atoms. The molecule has 2 aliphatic rings. The summed E-state index contributed by atoms with van der Waals surface area (Å²) in [6.45, 7) is 0. The molecule has 0 heterocycles. The van der Waals surface area contributed by atoms with Gasteiger partial charge in [-0.15, -0.1) is 0 Å². The van der Waals surface area contributed by atoms with Gasteiger partial charge in [0.25, 0.3) is 0 Å². The molecule has 1 nitrogen and oxygen atoms in total. The average molecular weight is 185 g/mol. The van der Waals surface area contributed by atoms with E-state index < -0.39 is 0 Å². The standard InChI is InChI=1S/C13H15N/c14-13-7-3-6-11-10-5-2-1-4-9(10)8-12(11)13/h1-2,4-5,13H,3,6-8,14H2. The van der Waals surface area contributed by atoms with Crippen LogP contribution in [0, 0.1) is 0 Å². The summed E-state index contributed by atoms with van der Waals surface area (Å²) >= 11 is 0. The lowest BCUT2D eigenvalue weighted by atomic mass is 9.88. The fourth-order valence-corrected chi connectivity index (χ4v) is 2.78. The van der Waals surface area contributed by atoms with Crippen LogP contribution in [-0.4, -0.2) is 6.04 Å². The second kappa shape index (κ2) is 2.96. The predicted molar refractivity (Wildman–Crippen MR) is 58.9 cm³/mol. The van der Waals surface area contributed by atoms with E-state index in [0.717, 1.165) is 6.42 Å². The van der Waals surface area contributed by atoms with Gasteiger partial charge >= 0.3 is 0 Å². The summed E-state index contributed by atoms with van der Waals surface area (Å²) in [5.41, 5.74) is 12.2. The Morgan fingerprint density at radius 2 is 2.07 bits per heavy atom. The summed E-state index contributed by atoms with van der Waals surface area (Å²) in [7, 11) is 0. The van der Waals surface area contributed by atoms with Gasteiger partial charge in [0.15, 0.2) is 0 Å². The molecular formula is C13H15N. The Bertz CT molecular complexity index is 403. The van der Waals surface area contributed by atoms with Crippen molar-refractivity contribution in [2.24, 2.45) is 5.73 Å². The van der Waals surface area contributed by atoms with Crippen LogP contribution in [0.2, 0.25) is 0 Å². The van der Waals surface area contributed by atoms with Crippen LogP contribution in [0.1, 0.15) is 30.4 Å². The Kier molecular flexibility index (Phi) is 1.74. The van der Waals surface area contributed by atoms with Crippen molar-refractivity contribution in [2.75, 3.05) is 0 Å². The Morgan fingerprint density at radius 3 is 3.00 bits per heavy atom. The topological polar surface area (TPSA) is 26.0 Å². The summed E-state index contributed by atoms with van der Waals surface area (Å²) in [6.07, 6.45) is 4.77. The first-order valence-electron chi connectivity index (χ1n) is 5.42. The zero-order valence-corrected chi connectivity index (χ0v) is 8.29. The summed E-state index contributed by atoms with van der Waals surface area (Å²) in [5, 5.41) is 0. The monoisotopic (exact) mass is 185 g/mol. The maximum absolute atomic E-state index is 6.14. The van der Waals surface area contributed by atoms with Crippen LogP contribution in [-0.2, 0) is 6.42 Å². The Labute approximate surface area is 84.6 Å². The first-order chi connectivity index (χ1) is 6.86. The minimum atomic E-state index is 0.325. The summed E-state index contributed by atoms with van der Waals surface area (Å²) in [5.74, 6) is 0. The molecule has 1 aromatic rings. The maximum Gasteiger partial charge on any atom is 0.0263 e. The van der Waals surface area contributed by atoms with Crippen molar-refractivity contribution in [3.8, 4) is 0 Å². The molecule has 1 aromatic carbocycles. The van der Waals surface area contributed by atoms with E-state index in [1.807, 2.05) is 0 Å². The van der Waals surface area contributed by atoms with Gasteiger partial charge in [0.05, 0.1) is 0 Å². The third-order valence-corrected chi connectivity index (χ3v) is 3.50. The van der Waals surface area contributed by atoms with E-state index in [9.17, 15) is 0 Å². The average Bonchev–Trinajstić information content (AvgIpc) is 2.59. The van der Waals surface area contributed by atoms with Crippen LogP contribution >= 0.6 is 0 Å². The van der Waals surface area contributed by atoms with Crippen molar-refractivity contribution in [3.05, 3.63) is 41.0 Å². The van der Waals surface area contributed by atoms with Crippen LogP contribution in [0.4, 0.5) is 0 Å². The summed E-state index contributed by atoms with van der Waals surface area (Å²) < 4.78 is 0. The summed E-state index contributed by atoms with van der Waals surface area (Å²) in [4.78, 5) is 0. The van der Waals surface area contributed by atoms with E-state index in [-0.39, 0.29) is 0 Å². The smallest absolute Gasteiger partial charge is 0.0263 e. The van der Waals surface area contributed by atoms with Crippen molar-refractivity contribution in [1.82, 2.24) is 0 Å². The Hall–Kier alpha value is -1.08. The largest absolute Gasteiger partial charge is 0.324 e. The SMILES string of the molecule is NC1CCCC2=C1Cc1ccccc12. The molecule has 0 aromatic heterocycles. The van der Waals surface area contributed by atoms with E-state index >= 15 is 0 Å². The van der Waals surface area contributed by atoms with E-state index in [1.54, 1.807) is 5.57 Å². The Balaban J connectivity index is 2.12. The molecule has 0 amide bonds. The fourth-order valence-electron chi connectivity index (χ4n) is 2.78. The van der Waals surface area contributed by atoms with Gasteiger partial charge in [-0.2, -0.15) is 0 Å². The van der Waals surface area contributed by atoms with E-state index in [4.69, 9.17) is 5.73 Å². The molecule has 14 heavy (non-hydrogen) atoms. The molecule has 0 aliphatic heterocycles. The number of hydrogen-bond donors (Lipinski definition) is 1. The summed E-state index contributed by atoms with van der Waals surface area (Å²) in [6, 6.07) is 9.07. The number of allylic oxidation sites excluding steroid dienone is 1. The van der Waals surface area contributed by atoms with Gasteiger partial charge < -0.3 is 5.73 Å². The molecule has 1 unspecified atom stereocenters. The molecular weight excluding hydrogens is 170 g/mol. The molecule has 0 saturated carbocycles. The highest BCUT2D eigenvalue weighted by Gasteiger charge is 2.27. The minimum absolute atomic E-state index is 0.325. The van der Waals surface area contributed by atoms with Crippen molar-refractivity contribution >= 4 is 5.57 Å².